The molecular weight excluding hydrogens is 662 g/mol. The van der Waals surface area contributed by atoms with Gasteiger partial charge >= 0.3 is 35.5 Å². The SMILES string of the molecule is Cc1cccc(C(F)(F)C(F)(F)C(F)(F)C(F)(F)C(F)(F)C(F)(F)c2cccc(-c3ccc(C)c(CCCCCC[N+](C)(C)C)c3)c2)c1. The maximum Gasteiger partial charge on any atom is 0.385 e. The maximum atomic E-state index is 15.2. The Morgan fingerprint density at radius 1 is 0.500 bits per heavy atom. The molecule has 0 spiro atoms. The van der Waals surface area contributed by atoms with E-state index >= 15 is 8.78 Å². The number of hydrogen-bond acceptors (Lipinski definition) is 0. The van der Waals surface area contributed by atoms with Crippen LogP contribution in [-0.4, -0.2) is 55.9 Å². The predicted octanol–water partition coefficient (Wildman–Crippen LogP) is 11.2. The molecule has 48 heavy (non-hydrogen) atoms. The van der Waals surface area contributed by atoms with E-state index in [9.17, 15) is 43.9 Å². The Balaban J connectivity index is 1.92. The van der Waals surface area contributed by atoms with Crippen LogP contribution in [0.3, 0.4) is 0 Å². The molecule has 0 amide bonds. The molecule has 0 bridgehead atoms. The highest BCUT2D eigenvalue weighted by molar-refractivity contribution is 5.66. The second-order valence-electron chi connectivity index (χ2n) is 13.2. The van der Waals surface area contributed by atoms with Gasteiger partial charge in [0.25, 0.3) is 0 Å². The second-order valence-corrected chi connectivity index (χ2v) is 13.2. The van der Waals surface area contributed by atoms with Crippen LogP contribution < -0.4 is 0 Å². The van der Waals surface area contributed by atoms with Crippen LogP contribution in [0.15, 0.2) is 66.7 Å². The van der Waals surface area contributed by atoms with Crippen molar-refractivity contribution in [1.82, 2.24) is 0 Å². The van der Waals surface area contributed by atoms with E-state index in [1.807, 2.05) is 0 Å². The van der Waals surface area contributed by atoms with Crippen molar-refractivity contribution < 1.29 is 57.2 Å². The first-order valence-electron chi connectivity index (χ1n) is 15.2. The van der Waals surface area contributed by atoms with Gasteiger partial charge in [0.15, 0.2) is 0 Å². The molecule has 0 atom stereocenters. The zero-order valence-electron chi connectivity index (χ0n) is 27.1. The van der Waals surface area contributed by atoms with E-state index in [0.29, 0.717) is 18.6 Å². The van der Waals surface area contributed by atoms with Crippen molar-refractivity contribution in [1.29, 1.82) is 0 Å². The van der Waals surface area contributed by atoms with Crippen LogP contribution in [0.5, 0.6) is 0 Å². The van der Waals surface area contributed by atoms with E-state index in [-0.39, 0.29) is 34.9 Å². The summed E-state index contributed by atoms with van der Waals surface area (Å²) in [6.07, 6.45) is 4.24. The van der Waals surface area contributed by atoms with Crippen LogP contribution in [0.4, 0.5) is 52.7 Å². The Bertz CT molecular complexity index is 1560. The lowest BCUT2D eigenvalue weighted by molar-refractivity contribution is -0.870. The summed E-state index contributed by atoms with van der Waals surface area (Å²) in [5, 5.41) is 0. The summed E-state index contributed by atoms with van der Waals surface area (Å²) in [6, 6.07) is 9.46. The third kappa shape index (κ3) is 7.35. The van der Waals surface area contributed by atoms with Gasteiger partial charge in [-0.3, -0.25) is 0 Å². The molecule has 0 radical (unpaired) electrons. The molecule has 3 aromatic rings. The summed E-state index contributed by atoms with van der Waals surface area (Å²) in [5.74, 6) is -42.2. The fraction of sp³-hybridized carbons (Fsp3) is 0.486. The van der Waals surface area contributed by atoms with Crippen LogP contribution in [0, 0.1) is 13.8 Å². The summed E-state index contributed by atoms with van der Waals surface area (Å²) in [4.78, 5) is 0. The summed E-state index contributed by atoms with van der Waals surface area (Å²) < 4.78 is 178. The van der Waals surface area contributed by atoms with Crippen LogP contribution in [0.2, 0.25) is 0 Å². The Morgan fingerprint density at radius 3 is 1.50 bits per heavy atom. The smallest absolute Gasteiger partial charge is 0.331 e. The summed E-state index contributed by atoms with van der Waals surface area (Å²) in [5.41, 5.74) is -2.33. The number of aryl methyl sites for hydroxylation is 3. The second kappa shape index (κ2) is 13.6. The van der Waals surface area contributed by atoms with Gasteiger partial charge in [0.05, 0.1) is 27.7 Å². The molecule has 0 fully saturated rings. The van der Waals surface area contributed by atoms with E-state index in [2.05, 4.69) is 21.1 Å². The summed E-state index contributed by atoms with van der Waals surface area (Å²) in [7, 11) is 6.24. The number of unbranched alkanes of at least 4 members (excludes halogenated alkanes) is 3. The molecule has 0 saturated carbocycles. The molecule has 0 aromatic heterocycles. The normalized spacial score (nSPS) is 14.0. The lowest BCUT2D eigenvalue weighted by atomic mass is 9.86. The number of rotatable bonds is 15. The minimum Gasteiger partial charge on any atom is -0.331 e. The van der Waals surface area contributed by atoms with Gasteiger partial charge in [-0.1, -0.05) is 66.6 Å². The van der Waals surface area contributed by atoms with Crippen LogP contribution in [0.25, 0.3) is 11.1 Å². The lowest BCUT2D eigenvalue weighted by Gasteiger charge is -2.41. The number of benzene rings is 3. The van der Waals surface area contributed by atoms with Crippen molar-refractivity contribution in [2.45, 2.75) is 81.5 Å². The molecule has 13 heteroatoms. The molecule has 0 aliphatic carbocycles. The van der Waals surface area contributed by atoms with Gasteiger partial charge in [-0.15, -0.1) is 0 Å². The summed E-state index contributed by atoms with van der Waals surface area (Å²) in [6.45, 7) is 3.86. The highest BCUT2D eigenvalue weighted by atomic mass is 19.4. The molecule has 0 unspecified atom stereocenters. The van der Waals surface area contributed by atoms with E-state index in [0.717, 1.165) is 66.9 Å². The Labute approximate surface area is 272 Å². The topological polar surface area (TPSA) is 0 Å². The summed E-state index contributed by atoms with van der Waals surface area (Å²) >= 11 is 0. The minimum absolute atomic E-state index is 0.179. The van der Waals surface area contributed by atoms with E-state index < -0.39 is 46.7 Å². The standard InChI is InChI=1S/C35H38F12N/c1-23-12-10-15-28(20-23)30(36,37)32(40,41)34(44,45)35(46,47)33(42,43)31(38,39)29-16-11-14-26(22-29)27-18-17-24(2)25(21-27)13-8-6-7-9-19-48(3,4)5/h10-12,14-18,20-22H,6-9,13,19H2,1-5H3/q+1. The molecule has 0 aliphatic rings. The number of hydrogen-bond donors (Lipinski definition) is 0. The van der Waals surface area contributed by atoms with Gasteiger partial charge in [0.2, 0.25) is 0 Å². The molecular formula is C35H38F12N+. The van der Waals surface area contributed by atoms with Crippen molar-refractivity contribution in [2.75, 3.05) is 27.7 Å². The van der Waals surface area contributed by atoms with Crippen LogP contribution in [-0.2, 0) is 18.3 Å². The first kappa shape index (κ1) is 39.2. The Kier molecular flexibility index (Phi) is 11.1. The van der Waals surface area contributed by atoms with Crippen molar-refractivity contribution in [3.05, 3.63) is 94.5 Å². The maximum absolute atomic E-state index is 15.2. The average molecular weight is 701 g/mol. The van der Waals surface area contributed by atoms with Gasteiger partial charge in [0.1, 0.15) is 0 Å². The monoisotopic (exact) mass is 700 g/mol. The number of nitrogens with zero attached hydrogens (tertiary/aromatic N) is 1. The third-order valence-corrected chi connectivity index (χ3v) is 8.28. The van der Waals surface area contributed by atoms with Crippen molar-refractivity contribution in [3.63, 3.8) is 0 Å². The third-order valence-electron chi connectivity index (χ3n) is 8.28. The zero-order valence-corrected chi connectivity index (χ0v) is 27.1. The molecule has 3 rings (SSSR count). The van der Waals surface area contributed by atoms with Gasteiger partial charge in [-0.05, 0) is 73.9 Å². The molecule has 0 aliphatic heterocycles. The first-order chi connectivity index (χ1) is 21.8. The van der Waals surface area contributed by atoms with E-state index in [1.165, 1.54) is 12.1 Å². The highest BCUT2D eigenvalue weighted by Crippen LogP contribution is 2.63. The fourth-order valence-corrected chi connectivity index (χ4v) is 5.26. The number of alkyl halides is 12. The molecule has 0 saturated heterocycles. The Morgan fingerprint density at radius 2 is 0.979 bits per heavy atom. The van der Waals surface area contributed by atoms with Gasteiger partial charge in [0, 0.05) is 11.1 Å². The average Bonchev–Trinajstić information content (AvgIpc) is 2.98. The van der Waals surface area contributed by atoms with Gasteiger partial charge < -0.3 is 4.48 Å². The van der Waals surface area contributed by atoms with Gasteiger partial charge in [-0.25, -0.2) is 0 Å². The molecule has 1 nitrogen and oxygen atoms in total. The predicted molar refractivity (Wildman–Crippen MR) is 160 cm³/mol. The highest BCUT2D eigenvalue weighted by Gasteiger charge is 2.90. The molecule has 3 aromatic carbocycles. The van der Waals surface area contributed by atoms with Crippen molar-refractivity contribution in [2.24, 2.45) is 0 Å². The molecule has 0 heterocycles. The fourth-order valence-electron chi connectivity index (χ4n) is 5.26. The van der Waals surface area contributed by atoms with Crippen molar-refractivity contribution >= 4 is 0 Å². The quantitative estimate of drug-likeness (QED) is 0.0841. The first-order valence-corrected chi connectivity index (χ1v) is 15.2. The molecule has 266 valence electrons. The van der Waals surface area contributed by atoms with Crippen molar-refractivity contribution in [3.8, 4) is 11.1 Å². The Hall–Kier alpha value is -3.22. The molecule has 0 N–H and O–H groups in total. The van der Waals surface area contributed by atoms with E-state index in [1.54, 1.807) is 19.1 Å². The van der Waals surface area contributed by atoms with Crippen LogP contribution >= 0.6 is 0 Å². The number of quaternary nitrogens is 1. The minimum atomic E-state index is -7.67. The van der Waals surface area contributed by atoms with E-state index in [4.69, 9.17) is 0 Å². The van der Waals surface area contributed by atoms with Gasteiger partial charge in [-0.2, -0.15) is 52.7 Å². The van der Waals surface area contributed by atoms with Crippen LogP contribution in [0.1, 0.15) is 53.5 Å². The largest absolute Gasteiger partial charge is 0.385 e. The lowest BCUT2D eigenvalue weighted by Crippen LogP contribution is -2.69. The number of halogens is 12. The zero-order chi connectivity index (χ0) is 36.6.